The number of hydrogen-bond donors (Lipinski definition) is 1. The van der Waals surface area contributed by atoms with Crippen LogP contribution in [0.4, 0.5) is 11.4 Å². The molecular weight excluding hydrogens is 410 g/mol. The first-order valence-corrected chi connectivity index (χ1v) is 11.3. The van der Waals surface area contributed by atoms with E-state index in [2.05, 4.69) is 47.1 Å². The number of benzene rings is 2. The molecule has 0 spiro atoms. The van der Waals surface area contributed by atoms with Gasteiger partial charge in [-0.1, -0.05) is 12.1 Å². The third kappa shape index (κ3) is 5.50. The lowest BCUT2D eigenvalue weighted by atomic mass is 9.90. The molecule has 1 aliphatic carbocycles. The minimum absolute atomic E-state index is 0.369. The van der Waals surface area contributed by atoms with Gasteiger partial charge in [0.25, 0.3) is 0 Å². The Morgan fingerprint density at radius 3 is 2.58 bits per heavy atom. The zero-order valence-corrected chi connectivity index (χ0v) is 19.3. The van der Waals surface area contributed by atoms with E-state index in [1.165, 1.54) is 6.42 Å². The Balaban J connectivity index is 1.67. The average Bonchev–Trinajstić information content (AvgIpc) is 2.78. The fraction of sp³-hybridized carbons (Fsp3) is 0.296. The maximum absolute atomic E-state index is 10.0. The molecule has 6 heteroatoms. The standard InChI is InChI=1S/C27H29N5O/c1-19(2)31-22-9-7-20(8-10-22)15-21(17-28)25-12-11-24(33-27-18-29-13-14-30-27)16-26(25)32(3)23-5-4-6-23/h7-16,18-19,23,31H,4-6H2,1-3H3/b21-15+. The third-order valence-corrected chi connectivity index (χ3v) is 5.82. The quantitative estimate of drug-likeness (QED) is 0.336. The predicted octanol–water partition coefficient (Wildman–Crippen LogP) is 6.14. The summed E-state index contributed by atoms with van der Waals surface area (Å²) in [5.74, 6) is 1.11. The highest BCUT2D eigenvalue weighted by Gasteiger charge is 2.25. The Hall–Kier alpha value is -3.85. The van der Waals surface area contributed by atoms with Gasteiger partial charge < -0.3 is 15.0 Å². The van der Waals surface area contributed by atoms with Crippen molar-refractivity contribution in [1.29, 1.82) is 5.26 Å². The smallest absolute Gasteiger partial charge is 0.237 e. The van der Waals surface area contributed by atoms with Crippen LogP contribution in [0.5, 0.6) is 11.6 Å². The van der Waals surface area contributed by atoms with Gasteiger partial charge in [-0.25, -0.2) is 4.98 Å². The van der Waals surface area contributed by atoms with Crippen molar-refractivity contribution in [3.63, 3.8) is 0 Å². The second-order valence-corrected chi connectivity index (χ2v) is 8.61. The van der Waals surface area contributed by atoms with Crippen LogP contribution in [0.3, 0.4) is 0 Å². The van der Waals surface area contributed by atoms with E-state index >= 15 is 0 Å². The molecule has 0 bridgehead atoms. The predicted molar refractivity (Wildman–Crippen MR) is 133 cm³/mol. The molecule has 3 aromatic rings. The highest BCUT2D eigenvalue weighted by atomic mass is 16.5. The molecule has 1 heterocycles. The van der Waals surface area contributed by atoms with Gasteiger partial charge in [-0.05, 0) is 69.0 Å². The molecule has 0 amide bonds. The Morgan fingerprint density at radius 1 is 1.18 bits per heavy atom. The van der Waals surface area contributed by atoms with Crippen LogP contribution < -0.4 is 15.0 Å². The van der Waals surface area contributed by atoms with E-state index in [1.807, 2.05) is 48.5 Å². The molecule has 0 aliphatic heterocycles. The minimum atomic E-state index is 0.369. The molecule has 1 N–H and O–H groups in total. The average molecular weight is 440 g/mol. The molecule has 0 unspecified atom stereocenters. The van der Waals surface area contributed by atoms with Crippen LogP contribution in [-0.2, 0) is 0 Å². The van der Waals surface area contributed by atoms with Crippen molar-refractivity contribution in [1.82, 2.24) is 9.97 Å². The fourth-order valence-corrected chi connectivity index (χ4v) is 3.87. The molecule has 1 aromatic heterocycles. The highest BCUT2D eigenvalue weighted by molar-refractivity contribution is 5.94. The van der Waals surface area contributed by atoms with E-state index < -0.39 is 0 Å². The third-order valence-electron chi connectivity index (χ3n) is 5.82. The highest BCUT2D eigenvalue weighted by Crippen LogP contribution is 2.37. The lowest BCUT2D eigenvalue weighted by Crippen LogP contribution is -2.37. The van der Waals surface area contributed by atoms with E-state index in [-0.39, 0.29) is 0 Å². The number of allylic oxidation sites excluding steroid dienone is 1. The molecule has 2 aromatic carbocycles. The van der Waals surface area contributed by atoms with Gasteiger partial charge in [-0.3, -0.25) is 4.98 Å². The Morgan fingerprint density at radius 2 is 1.97 bits per heavy atom. The molecule has 1 saturated carbocycles. The van der Waals surface area contributed by atoms with Crippen LogP contribution in [0.1, 0.15) is 44.2 Å². The van der Waals surface area contributed by atoms with Crippen molar-refractivity contribution in [3.05, 3.63) is 72.2 Å². The molecule has 4 rings (SSSR count). The Kier molecular flexibility index (Phi) is 6.89. The topological polar surface area (TPSA) is 74.1 Å². The van der Waals surface area contributed by atoms with Gasteiger partial charge in [-0.2, -0.15) is 5.26 Å². The lowest BCUT2D eigenvalue weighted by molar-refractivity contribution is 0.400. The summed E-state index contributed by atoms with van der Waals surface area (Å²) in [6, 6.07) is 17.2. The second kappa shape index (κ2) is 10.2. The molecule has 33 heavy (non-hydrogen) atoms. The summed E-state index contributed by atoms with van der Waals surface area (Å²) < 4.78 is 5.92. The van der Waals surface area contributed by atoms with Crippen LogP contribution in [0.25, 0.3) is 11.6 Å². The van der Waals surface area contributed by atoms with E-state index in [4.69, 9.17) is 4.74 Å². The number of aromatic nitrogens is 2. The van der Waals surface area contributed by atoms with Crippen LogP contribution in [0.15, 0.2) is 61.1 Å². The fourth-order valence-electron chi connectivity index (χ4n) is 3.87. The summed E-state index contributed by atoms with van der Waals surface area (Å²) in [5.41, 5.74) is 4.54. The number of nitrogens with one attached hydrogen (secondary N) is 1. The van der Waals surface area contributed by atoms with Crippen molar-refractivity contribution >= 4 is 23.0 Å². The van der Waals surface area contributed by atoms with E-state index in [1.54, 1.807) is 18.6 Å². The minimum Gasteiger partial charge on any atom is -0.437 e. The summed E-state index contributed by atoms with van der Waals surface area (Å²) in [4.78, 5) is 10.5. The van der Waals surface area contributed by atoms with Crippen molar-refractivity contribution in [2.24, 2.45) is 0 Å². The van der Waals surface area contributed by atoms with Gasteiger partial charge in [-0.15, -0.1) is 0 Å². The van der Waals surface area contributed by atoms with Crippen LogP contribution in [0.2, 0.25) is 0 Å². The first-order chi connectivity index (χ1) is 16.0. The van der Waals surface area contributed by atoms with Gasteiger partial charge in [0.2, 0.25) is 5.88 Å². The van der Waals surface area contributed by atoms with E-state index in [9.17, 15) is 5.26 Å². The Bertz CT molecular complexity index is 1150. The van der Waals surface area contributed by atoms with E-state index in [0.29, 0.717) is 29.3 Å². The zero-order valence-electron chi connectivity index (χ0n) is 19.3. The van der Waals surface area contributed by atoms with Crippen molar-refractivity contribution in [3.8, 4) is 17.7 Å². The Labute approximate surface area is 195 Å². The van der Waals surface area contributed by atoms with Crippen LogP contribution in [0, 0.1) is 11.3 Å². The van der Waals surface area contributed by atoms with E-state index in [0.717, 1.165) is 35.3 Å². The number of rotatable bonds is 8. The maximum Gasteiger partial charge on any atom is 0.237 e. The van der Waals surface area contributed by atoms with Crippen molar-refractivity contribution in [2.75, 3.05) is 17.3 Å². The van der Waals surface area contributed by atoms with Crippen molar-refractivity contribution < 1.29 is 4.74 Å². The second-order valence-electron chi connectivity index (χ2n) is 8.61. The molecule has 1 fully saturated rings. The van der Waals surface area contributed by atoms with Gasteiger partial charge in [0, 0.05) is 54.5 Å². The summed E-state index contributed by atoms with van der Waals surface area (Å²) in [6.07, 6.45) is 10.3. The number of anilines is 2. The summed E-state index contributed by atoms with van der Waals surface area (Å²) in [5, 5.41) is 13.4. The van der Waals surface area contributed by atoms with Gasteiger partial charge in [0.05, 0.1) is 17.8 Å². The molecule has 168 valence electrons. The SMILES string of the molecule is CC(C)Nc1ccc(/C=C(\C#N)c2ccc(Oc3cnccn3)cc2N(C)C2CCC2)cc1. The summed E-state index contributed by atoms with van der Waals surface area (Å²) >= 11 is 0. The van der Waals surface area contributed by atoms with Gasteiger partial charge in [0.1, 0.15) is 5.75 Å². The molecule has 0 atom stereocenters. The van der Waals surface area contributed by atoms with Gasteiger partial charge in [0.15, 0.2) is 0 Å². The molecule has 0 radical (unpaired) electrons. The normalized spacial score (nSPS) is 13.8. The monoisotopic (exact) mass is 439 g/mol. The number of ether oxygens (including phenoxy) is 1. The lowest BCUT2D eigenvalue weighted by Gasteiger charge is -2.37. The summed E-state index contributed by atoms with van der Waals surface area (Å²) in [6.45, 7) is 4.22. The number of nitrogens with zero attached hydrogens (tertiary/aromatic N) is 4. The van der Waals surface area contributed by atoms with Crippen LogP contribution in [-0.4, -0.2) is 29.1 Å². The van der Waals surface area contributed by atoms with Crippen LogP contribution >= 0.6 is 0 Å². The summed E-state index contributed by atoms with van der Waals surface area (Å²) in [7, 11) is 2.09. The number of hydrogen-bond acceptors (Lipinski definition) is 6. The number of nitriles is 1. The first-order valence-electron chi connectivity index (χ1n) is 11.3. The maximum atomic E-state index is 10.0. The first kappa shape index (κ1) is 22.3. The largest absolute Gasteiger partial charge is 0.437 e. The molecule has 1 aliphatic rings. The van der Waals surface area contributed by atoms with Crippen molar-refractivity contribution in [2.45, 2.75) is 45.2 Å². The molecule has 6 nitrogen and oxygen atoms in total. The zero-order chi connectivity index (χ0) is 23.2. The van der Waals surface area contributed by atoms with Gasteiger partial charge >= 0.3 is 0 Å². The molecule has 0 saturated heterocycles. The molecular formula is C27H29N5O.